The maximum absolute atomic E-state index is 12.2. The van der Waals surface area contributed by atoms with E-state index in [-0.39, 0.29) is 11.6 Å². The number of hydrogen-bond donors (Lipinski definition) is 2. The van der Waals surface area contributed by atoms with Gasteiger partial charge in [0.05, 0.1) is 19.0 Å². The second-order valence-electron chi connectivity index (χ2n) is 4.31. The Morgan fingerprint density at radius 3 is 2.60 bits per heavy atom. The summed E-state index contributed by atoms with van der Waals surface area (Å²) in [6, 6.07) is 8.24. The van der Waals surface area contributed by atoms with Crippen molar-refractivity contribution in [1.29, 1.82) is 0 Å². The van der Waals surface area contributed by atoms with Gasteiger partial charge < -0.3 is 9.67 Å². The third-order valence-corrected chi connectivity index (χ3v) is 4.29. The highest BCUT2D eigenvalue weighted by Crippen LogP contribution is 2.15. The van der Waals surface area contributed by atoms with Gasteiger partial charge in [0, 0.05) is 12.7 Å². The fraction of sp³-hybridized carbons (Fsp3) is 0.308. The molecule has 1 aromatic heterocycles. The summed E-state index contributed by atoms with van der Waals surface area (Å²) in [6.07, 6.45) is 2.92. The molecule has 0 amide bonds. The van der Waals surface area contributed by atoms with Crippen LogP contribution in [-0.4, -0.2) is 29.7 Å². The van der Waals surface area contributed by atoms with Crippen LogP contribution >= 0.6 is 0 Å². The highest BCUT2D eigenvalue weighted by molar-refractivity contribution is 7.89. The van der Waals surface area contributed by atoms with Crippen molar-refractivity contribution in [2.75, 3.05) is 6.61 Å². The number of hydrogen-bond acceptors (Lipinski definition) is 4. The first-order valence-electron chi connectivity index (χ1n) is 6.26. The minimum absolute atomic E-state index is 0.0475. The zero-order valence-corrected chi connectivity index (χ0v) is 11.9. The standard InChI is InChI=1S/C13H17N3O3S/c1-2-16-8-13(14-10-16)20(18,19)15-12(9-17)11-6-4-3-5-7-11/h3-8,10,12,15,17H,2,9H2,1H3. The Morgan fingerprint density at radius 1 is 1.35 bits per heavy atom. The Bertz CT molecular complexity index is 653. The van der Waals surface area contributed by atoms with Gasteiger partial charge in [0.15, 0.2) is 5.03 Å². The second-order valence-corrected chi connectivity index (χ2v) is 5.97. The number of nitrogens with zero attached hydrogens (tertiary/aromatic N) is 2. The van der Waals surface area contributed by atoms with Crippen LogP contribution in [0.25, 0.3) is 0 Å². The van der Waals surface area contributed by atoms with Gasteiger partial charge >= 0.3 is 0 Å². The quantitative estimate of drug-likeness (QED) is 0.830. The summed E-state index contributed by atoms with van der Waals surface area (Å²) < 4.78 is 28.5. The maximum Gasteiger partial charge on any atom is 0.260 e. The highest BCUT2D eigenvalue weighted by atomic mass is 32.2. The van der Waals surface area contributed by atoms with E-state index in [4.69, 9.17) is 0 Å². The molecule has 108 valence electrons. The van der Waals surface area contributed by atoms with Crippen LogP contribution in [0.15, 0.2) is 47.9 Å². The van der Waals surface area contributed by atoms with Gasteiger partial charge in [-0.05, 0) is 12.5 Å². The van der Waals surface area contributed by atoms with Crippen molar-refractivity contribution < 1.29 is 13.5 Å². The minimum Gasteiger partial charge on any atom is -0.394 e. The molecule has 20 heavy (non-hydrogen) atoms. The summed E-state index contributed by atoms with van der Waals surface area (Å²) >= 11 is 0. The molecule has 0 saturated heterocycles. The molecule has 0 radical (unpaired) electrons. The monoisotopic (exact) mass is 295 g/mol. The molecule has 0 fully saturated rings. The summed E-state index contributed by atoms with van der Waals surface area (Å²) in [4.78, 5) is 3.87. The fourth-order valence-electron chi connectivity index (χ4n) is 1.80. The fourth-order valence-corrected chi connectivity index (χ4v) is 2.96. The average molecular weight is 295 g/mol. The molecule has 0 aliphatic heterocycles. The van der Waals surface area contributed by atoms with Crippen LogP contribution in [-0.2, 0) is 16.6 Å². The number of aromatic nitrogens is 2. The first-order chi connectivity index (χ1) is 9.56. The SMILES string of the molecule is CCn1cnc(S(=O)(=O)NC(CO)c2ccccc2)c1. The number of benzene rings is 1. The Labute approximate surface area is 118 Å². The maximum atomic E-state index is 12.2. The van der Waals surface area contributed by atoms with Gasteiger partial charge in [-0.15, -0.1) is 0 Å². The van der Waals surface area contributed by atoms with Crippen LogP contribution in [0.3, 0.4) is 0 Å². The van der Waals surface area contributed by atoms with Gasteiger partial charge in [-0.25, -0.2) is 13.4 Å². The number of aliphatic hydroxyl groups is 1. The zero-order valence-electron chi connectivity index (χ0n) is 11.1. The van der Waals surface area contributed by atoms with Gasteiger partial charge in [-0.1, -0.05) is 30.3 Å². The van der Waals surface area contributed by atoms with Crippen molar-refractivity contribution in [3.8, 4) is 0 Å². The van der Waals surface area contributed by atoms with E-state index in [0.717, 1.165) is 0 Å². The van der Waals surface area contributed by atoms with Gasteiger partial charge in [0.25, 0.3) is 10.0 Å². The molecule has 6 nitrogen and oxygen atoms in total. The van der Waals surface area contributed by atoms with E-state index in [1.807, 2.05) is 13.0 Å². The molecular weight excluding hydrogens is 278 g/mol. The molecule has 1 unspecified atom stereocenters. The van der Waals surface area contributed by atoms with Crippen LogP contribution in [0.1, 0.15) is 18.5 Å². The van der Waals surface area contributed by atoms with Gasteiger partial charge in [-0.2, -0.15) is 4.72 Å². The van der Waals surface area contributed by atoms with Gasteiger partial charge in [0.2, 0.25) is 0 Å². The molecule has 2 N–H and O–H groups in total. The van der Waals surface area contributed by atoms with Crippen molar-refractivity contribution in [3.63, 3.8) is 0 Å². The molecule has 0 spiro atoms. The van der Waals surface area contributed by atoms with Crippen LogP contribution < -0.4 is 4.72 Å². The zero-order chi connectivity index (χ0) is 14.6. The second kappa shape index (κ2) is 6.17. The number of imidazole rings is 1. The summed E-state index contributed by atoms with van der Waals surface area (Å²) in [5.41, 5.74) is 0.702. The minimum atomic E-state index is -3.75. The smallest absolute Gasteiger partial charge is 0.260 e. The third kappa shape index (κ3) is 3.24. The van der Waals surface area contributed by atoms with Crippen molar-refractivity contribution >= 4 is 10.0 Å². The Hall–Kier alpha value is -1.70. The van der Waals surface area contributed by atoms with E-state index < -0.39 is 16.1 Å². The predicted molar refractivity (Wildman–Crippen MR) is 74.5 cm³/mol. The molecule has 2 aromatic rings. The molecule has 0 aliphatic carbocycles. The molecule has 0 aliphatic rings. The molecule has 0 saturated carbocycles. The predicted octanol–water partition coefficient (Wildman–Crippen LogP) is 0.915. The number of rotatable bonds is 6. The Balaban J connectivity index is 2.22. The van der Waals surface area contributed by atoms with Crippen molar-refractivity contribution in [2.24, 2.45) is 0 Å². The first-order valence-corrected chi connectivity index (χ1v) is 7.75. The van der Waals surface area contributed by atoms with E-state index in [9.17, 15) is 13.5 Å². The van der Waals surface area contributed by atoms with E-state index in [2.05, 4.69) is 9.71 Å². The van der Waals surface area contributed by atoms with Gasteiger partial charge in [-0.3, -0.25) is 0 Å². The van der Waals surface area contributed by atoms with E-state index in [1.165, 1.54) is 12.5 Å². The van der Waals surface area contributed by atoms with E-state index in [1.54, 1.807) is 28.8 Å². The molecule has 1 atom stereocenters. The highest BCUT2D eigenvalue weighted by Gasteiger charge is 2.22. The lowest BCUT2D eigenvalue weighted by molar-refractivity contribution is 0.259. The number of sulfonamides is 1. The summed E-state index contributed by atoms with van der Waals surface area (Å²) in [6.45, 7) is 2.22. The lowest BCUT2D eigenvalue weighted by Gasteiger charge is -2.15. The topological polar surface area (TPSA) is 84.2 Å². The third-order valence-electron chi connectivity index (χ3n) is 2.93. The van der Waals surface area contributed by atoms with E-state index >= 15 is 0 Å². The normalized spacial score (nSPS) is 13.3. The number of aryl methyl sites for hydroxylation is 1. The lowest BCUT2D eigenvalue weighted by atomic mass is 10.1. The van der Waals surface area contributed by atoms with Crippen molar-refractivity contribution in [3.05, 3.63) is 48.4 Å². The van der Waals surface area contributed by atoms with Crippen LogP contribution in [0.4, 0.5) is 0 Å². The molecule has 2 rings (SSSR count). The van der Waals surface area contributed by atoms with E-state index in [0.29, 0.717) is 12.1 Å². The van der Waals surface area contributed by atoms with Crippen molar-refractivity contribution in [2.45, 2.75) is 24.5 Å². The largest absolute Gasteiger partial charge is 0.394 e. The van der Waals surface area contributed by atoms with Gasteiger partial charge in [0.1, 0.15) is 0 Å². The Morgan fingerprint density at radius 2 is 2.05 bits per heavy atom. The lowest BCUT2D eigenvalue weighted by Crippen LogP contribution is -2.31. The average Bonchev–Trinajstić information content (AvgIpc) is 2.95. The first kappa shape index (κ1) is 14.7. The van der Waals surface area contributed by atoms with Crippen LogP contribution in [0, 0.1) is 0 Å². The Kier molecular flexibility index (Phi) is 4.53. The summed E-state index contributed by atoms with van der Waals surface area (Å²) in [5, 5.41) is 9.34. The number of aliphatic hydroxyl groups excluding tert-OH is 1. The molecule has 1 heterocycles. The summed E-state index contributed by atoms with van der Waals surface area (Å²) in [7, 11) is -3.75. The molecular formula is C13H17N3O3S. The molecule has 7 heteroatoms. The molecule has 0 bridgehead atoms. The van der Waals surface area contributed by atoms with Crippen LogP contribution in [0.2, 0.25) is 0 Å². The number of nitrogens with one attached hydrogen (secondary N) is 1. The van der Waals surface area contributed by atoms with Crippen molar-refractivity contribution in [1.82, 2.24) is 14.3 Å². The molecule has 1 aromatic carbocycles. The summed E-state index contributed by atoms with van der Waals surface area (Å²) in [5.74, 6) is 0. The van der Waals surface area contributed by atoms with Crippen LogP contribution in [0.5, 0.6) is 0 Å².